The molecule has 16 heavy (non-hydrogen) atoms. The van der Waals surface area contributed by atoms with Gasteiger partial charge in [-0.15, -0.1) is 0 Å². The number of rotatable bonds is 1. The third-order valence-corrected chi connectivity index (χ3v) is 2.83. The van der Waals surface area contributed by atoms with Gasteiger partial charge in [0.1, 0.15) is 11.7 Å². The number of aromatic nitrogens is 1. The van der Waals surface area contributed by atoms with Crippen molar-refractivity contribution in [3.05, 3.63) is 22.3 Å². The maximum Gasteiger partial charge on any atom is 0.318 e. The number of carbonyl (C=O) groups excluding carboxylic acids is 2. The summed E-state index contributed by atoms with van der Waals surface area (Å²) in [6.45, 7) is 0. The van der Waals surface area contributed by atoms with Gasteiger partial charge in [-0.2, -0.15) is 0 Å². The normalized spacial score (nSPS) is 18.6. The van der Waals surface area contributed by atoms with E-state index in [1.165, 1.54) is 7.11 Å². The van der Waals surface area contributed by atoms with E-state index < -0.39 is 11.9 Å². The molecule has 0 saturated carbocycles. The average molecular weight is 285 g/mol. The highest BCUT2D eigenvalue weighted by molar-refractivity contribution is 9.10. The van der Waals surface area contributed by atoms with Crippen LogP contribution in [0.4, 0.5) is 5.82 Å². The Kier molecular flexibility index (Phi) is 2.91. The van der Waals surface area contributed by atoms with Crippen molar-refractivity contribution in [1.82, 2.24) is 4.98 Å². The quantitative estimate of drug-likeness (QED) is 0.620. The SMILES string of the molecule is COC(=O)C1Cc2cc(Br)cnc2NC1=O. The minimum absolute atomic E-state index is 0.320. The number of nitrogens with one attached hydrogen (secondary N) is 1. The van der Waals surface area contributed by atoms with Crippen molar-refractivity contribution in [2.24, 2.45) is 5.92 Å². The van der Waals surface area contributed by atoms with E-state index in [1.807, 2.05) is 6.07 Å². The van der Waals surface area contributed by atoms with Crippen molar-refractivity contribution in [2.75, 3.05) is 12.4 Å². The van der Waals surface area contributed by atoms with Crippen molar-refractivity contribution in [1.29, 1.82) is 0 Å². The van der Waals surface area contributed by atoms with Crippen LogP contribution in [0, 0.1) is 5.92 Å². The number of nitrogens with zero attached hydrogens (tertiary/aromatic N) is 1. The van der Waals surface area contributed by atoms with Gasteiger partial charge >= 0.3 is 5.97 Å². The summed E-state index contributed by atoms with van der Waals surface area (Å²) in [5.74, 6) is -1.17. The summed E-state index contributed by atoms with van der Waals surface area (Å²) in [6, 6.07) is 1.83. The van der Waals surface area contributed by atoms with Crippen molar-refractivity contribution in [2.45, 2.75) is 6.42 Å². The minimum Gasteiger partial charge on any atom is -0.468 e. The zero-order valence-electron chi connectivity index (χ0n) is 8.49. The summed E-state index contributed by atoms with van der Waals surface area (Å²) in [6.07, 6.45) is 1.91. The molecule has 1 unspecified atom stereocenters. The van der Waals surface area contributed by atoms with E-state index in [0.717, 1.165) is 10.0 Å². The Bertz CT molecular complexity index is 461. The molecule has 0 fully saturated rings. The van der Waals surface area contributed by atoms with Gasteiger partial charge in [0, 0.05) is 10.7 Å². The Morgan fingerprint density at radius 3 is 3.12 bits per heavy atom. The summed E-state index contributed by atoms with van der Waals surface area (Å²) < 4.78 is 5.38. The first-order valence-corrected chi connectivity index (χ1v) is 5.44. The first kappa shape index (κ1) is 11.1. The van der Waals surface area contributed by atoms with E-state index in [1.54, 1.807) is 6.20 Å². The minimum atomic E-state index is -0.784. The molecule has 1 aliphatic heterocycles. The molecule has 0 saturated heterocycles. The molecule has 5 nitrogen and oxygen atoms in total. The monoisotopic (exact) mass is 284 g/mol. The second-order valence-corrected chi connectivity index (χ2v) is 4.35. The van der Waals surface area contributed by atoms with Gasteiger partial charge in [0.05, 0.1) is 7.11 Å². The largest absolute Gasteiger partial charge is 0.468 e. The highest BCUT2D eigenvalue weighted by Gasteiger charge is 2.33. The summed E-state index contributed by atoms with van der Waals surface area (Å²) >= 11 is 3.29. The summed E-state index contributed by atoms with van der Waals surface area (Å²) in [5, 5.41) is 2.58. The van der Waals surface area contributed by atoms with E-state index in [2.05, 4.69) is 31.0 Å². The molecule has 0 bridgehead atoms. The van der Waals surface area contributed by atoms with Crippen LogP contribution in [-0.4, -0.2) is 24.0 Å². The fourth-order valence-electron chi connectivity index (χ4n) is 1.60. The molecule has 1 aromatic rings. The van der Waals surface area contributed by atoms with Crippen LogP contribution >= 0.6 is 15.9 Å². The Labute approximate surface area is 100 Å². The first-order chi connectivity index (χ1) is 7.61. The Morgan fingerprint density at radius 1 is 1.69 bits per heavy atom. The summed E-state index contributed by atoms with van der Waals surface area (Å²) in [4.78, 5) is 27.0. The maximum absolute atomic E-state index is 11.6. The zero-order chi connectivity index (χ0) is 11.7. The maximum atomic E-state index is 11.6. The standard InChI is InChI=1S/C10H9BrN2O3/c1-16-10(15)7-3-5-2-6(11)4-12-8(5)13-9(7)14/h2,4,7H,3H2,1H3,(H,12,13,14). The molecule has 1 N–H and O–H groups in total. The zero-order valence-corrected chi connectivity index (χ0v) is 10.1. The van der Waals surface area contributed by atoms with Gasteiger partial charge in [0.25, 0.3) is 0 Å². The molecule has 0 radical (unpaired) electrons. The van der Waals surface area contributed by atoms with Crippen LogP contribution < -0.4 is 5.32 Å². The number of halogens is 1. The highest BCUT2D eigenvalue weighted by atomic mass is 79.9. The van der Waals surface area contributed by atoms with Crippen molar-refractivity contribution in [3.8, 4) is 0 Å². The molecule has 84 valence electrons. The predicted molar refractivity (Wildman–Crippen MR) is 59.8 cm³/mol. The fraction of sp³-hybridized carbons (Fsp3) is 0.300. The number of esters is 1. The number of pyridine rings is 1. The van der Waals surface area contributed by atoms with Crippen molar-refractivity contribution >= 4 is 33.6 Å². The van der Waals surface area contributed by atoms with Crippen LogP contribution in [0.5, 0.6) is 0 Å². The molecule has 1 amide bonds. The van der Waals surface area contributed by atoms with Gasteiger partial charge in [-0.05, 0) is 34.0 Å². The topological polar surface area (TPSA) is 68.3 Å². The second-order valence-electron chi connectivity index (χ2n) is 3.43. The van der Waals surface area contributed by atoms with Gasteiger partial charge in [-0.25, -0.2) is 4.98 Å². The van der Waals surface area contributed by atoms with Crippen LogP contribution in [0.15, 0.2) is 16.7 Å². The van der Waals surface area contributed by atoms with Gasteiger partial charge in [0.15, 0.2) is 0 Å². The van der Waals surface area contributed by atoms with Crippen LogP contribution in [-0.2, 0) is 20.7 Å². The van der Waals surface area contributed by atoms with Crippen molar-refractivity contribution < 1.29 is 14.3 Å². The molecule has 1 aliphatic rings. The lowest BCUT2D eigenvalue weighted by Crippen LogP contribution is -2.36. The average Bonchev–Trinajstić information content (AvgIpc) is 2.28. The van der Waals surface area contributed by atoms with E-state index in [4.69, 9.17) is 0 Å². The lowest BCUT2D eigenvalue weighted by atomic mass is 9.95. The number of fused-ring (bicyclic) bond motifs is 1. The van der Waals surface area contributed by atoms with E-state index in [9.17, 15) is 9.59 Å². The van der Waals surface area contributed by atoms with Crippen molar-refractivity contribution in [3.63, 3.8) is 0 Å². The number of anilines is 1. The predicted octanol–water partition coefficient (Wildman–Crippen LogP) is 1.13. The van der Waals surface area contributed by atoms with Gasteiger partial charge in [-0.1, -0.05) is 0 Å². The first-order valence-electron chi connectivity index (χ1n) is 4.65. The summed E-state index contributed by atoms with van der Waals surface area (Å²) in [5.41, 5.74) is 0.823. The molecule has 2 heterocycles. The highest BCUT2D eigenvalue weighted by Crippen LogP contribution is 2.26. The second kappa shape index (κ2) is 4.21. The lowest BCUT2D eigenvalue weighted by molar-refractivity contribution is -0.148. The van der Waals surface area contributed by atoms with Gasteiger partial charge in [0.2, 0.25) is 5.91 Å². The Hall–Kier alpha value is -1.43. The summed E-state index contributed by atoms with van der Waals surface area (Å²) in [7, 11) is 1.27. The molecule has 0 aromatic carbocycles. The van der Waals surface area contributed by atoms with Crippen LogP contribution in [0.3, 0.4) is 0 Å². The molecule has 1 atom stereocenters. The third kappa shape index (κ3) is 1.92. The van der Waals surface area contributed by atoms with Crippen LogP contribution in [0.2, 0.25) is 0 Å². The molecular formula is C10H9BrN2O3. The molecule has 0 aliphatic carbocycles. The van der Waals surface area contributed by atoms with E-state index in [0.29, 0.717) is 12.2 Å². The molecule has 2 rings (SSSR count). The smallest absolute Gasteiger partial charge is 0.318 e. The number of hydrogen-bond donors (Lipinski definition) is 1. The van der Waals surface area contributed by atoms with Crippen LogP contribution in [0.25, 0.3) is 0 Å². The number of methoxy groups -OCH3 is 1. The van der Waals surface area contributed by atoms with E-state index >= 15 is 0 Å². The molecule has 0 spiro atoms. The number of carbonyl (C=O) groups is 2. The fourth-order valence-corrected chi connectivity index (χ4v) is 1.98. The molecule has 1 aromatic heterocycles. The van der Waals surface area contributed by atoms with Crippen LogP contribution in [0.1, 0.15) is 5.56 Å². The van der Waals surface area contributed by atoms with E-state index in [-0.39, 0.29) is 5.91 Å². The third-order valence-electron chi connectivity index (χ3n) is 2.40. The number of amides is 1. The Morgan fingerprint density at radius 2 is 2.44 bits per heavy atom. The lowest BCUT2D eigenvalue weighted by Gasteiger charge is -2.21. The Balaban J connectivity index is 2.33. The molecular weight excluding hydrogens is 276 g/mol. The number of ether oxygens (including phenoxy) is 1. The number of hydrogen-bond acceptors (Lipinski definition) is 4. The van der Waals surface area contributed by atoms with Gasteiger partial charge in [-0.3, -0.25) is 9.59 Å². The molecule has 6 heteroatoms. The van der Waals surface area contributed by atoms with Gasteiger partial charge < -0.3 is 10.1 Å².